The Hall–Kier alpha value is -1.44. The van der Waals surface area contributed by atoms with Crippen LogP contribution in [0.15, 0.2) is 10.9 Å². The number of aromatic amines is 1. The molecule has 0 atom stereocenters. The number of aliphatic hydroxyl groups is 1. The Morgan fingerprint density at radius 2 is 1.94 bits per heavy atom. The molecule has 90 valence electrons. The molecule has 16 heavy (non-hydrogen) atoms. The van der Waals surface area contributed by atoms with Crippen molar-refractivity contribution >= 4 is 0 Å². The average Bonchev–Trinajstić information content (AvgIpc) is 2.14. The fourth-order valence-electron chi connectivity index (χ4n) is 1.19. The maximum atomic E-state index is 12.3. The molecule has 0 bridgehead atoms. The molecular weight excluding hydrogens is 237 g/mol. The number of alkyl halides is 5. The van der Waals surface area contributed by atoms with E-state index in [-0.39, 0.29) is 0 Å². The molecule has 8 heteroatoms. The number of halogens is 5. The molecule has 0 amide bonds. The molecule has 0 aromatic carbocycles. The minimum Gasteiger partial charge on any atom is -0.392 e. The molecule has 0 unspecified atom stereocenters. The number of aromatic nitrogens is 1. The highest BCUT2D eigenvalue weighted by Gasteiger charge is 2.37. The lowest BCUT2D eigenvalue weighted by Gasteiger charge is -2.11. The predicted molar refractivity (Wildman–Crippen MR) is 42.9 cm³/mol. The van der Waals surface area contributed by atoms with Gasteiger partial charge in [-0.25, -0.2) is 8.78 Å². The summed E-state index contributed by atoms with van der Waals surface area (Å²) in [5, 5.41) is 8.61. The topological polar surface area (TPSA) is 53.1 Å². The first kappa shape index (κ1) is 12.6. The Morgan fingerprint density at radius 3 is 2.31 bits per heavy atom. The third-order valence-corrected chi connectivity index (χ3v) is 1.82. The minimum atomic E-state index is -4.99. The van der Waals surface area contributed by atoms with Crippen LogP contribution in [-0.2, 0) is 12.8 Å². The van der Waals surface area contributed by atoms with E-state index >= 15 is 0 Å². The molecular formula is C8H6F5NO2. The molecule has 1 rings (SSSR count). The fraction of sp³-hybridized carbons (Fsp3) is 0.375. The first-order valence-electron chi connectivity index (χ1n) is 3.99. The smallest absolute Gasteiger partial charge is 0.392 e. The first-order chi connectivity index (χ1) is 7.27. The lowest BCUT2D eigenvalue weighted by Crippen LogP contribution is -2.25. The standard InChI is InChI=1S/C8H6F5NO2/c9-6(10)4-1-3(2-15)5(7(16)14-4)8(11,12)13/h1,6,15H,2H2,(H,14,16). The van der Waals surface area contributed by atoms with Gasteiger partial charge in [0.15, 0.2) is 0 Å². The average molecular weight is 243 g/mol. The van der Waals surface area contributed by atoms with Gasteiger partial charge in [0.2, 0.25) is 0 Å². The second-order valence-electron chi connectivity index (χ2n) is 2.91. The van der Waals surface area contributed by atoms with E-state index in [1.54, 1.807) is 0 Å². The van der Waals surface area contributed by atoms with Crippen LogP contribution in [0, 0.1) is 0 Å². The van der Waals surface area contributed by atoms with Crippen LogP contribution >= 0.6 is 0 Å². The summed E-state index contributed by atoms with van der Waals surface area (Å²) in [5.41, 5.74) is -5.16. The van der Waals surface area contributed by atoms with Crippen LogP contribution in [0.1, 0.15) is 23.2 Å². The Morgan fingerprint density at radius 1 is 1.38 bits per heavy atom. The second kappa shape index (κ2) is 4.20. The summed E-state index contributed by atoms with van der Waals surface area (Å²) in [5.74, 6) is 0. The molecule has 0 radical (unpaired) electrons. The van der Waals surface area contributed by atoms with Gasteiger partial charge >= 0.3 is 6.18 Å². The molecule has 1 aromatic heterocycles. The number of aliphatic hydroxyl groups excluding tert-OH is 1. The lowest BCUT2D eigenvalue weighted by molar-refractivity contribution is -0.139. The Bertz CT molecular complexity index is 437. The van der Waals surface area contributed by atoms with Crippen molar-refractivity contribution in [3.8, 4) is 0 Å². The summed E-state index contributed by atoms with van der Waals surface area (Å²) in [6.45, 7) is -1.14. The van der Waals surface area contributed by atoms with Gasteiger partial charge in [0.05, 0.1) is 12.3 Å². The minimum absolute atomic E-state index is 0.425. The van der Waals surface area contributed by atoms with Gasteiger partial charge in [-0.05, 0) is 11.6 Å². The van der Waals surface area contributed by atoms with Crippen LogP contribution in [-0.4, -0.2) is 10.1 Å². The fourth-order valence-corrected chi connectivity index (χ4v) is 1.19. The van der Waals surface area contributed by atoms with Gasteiger partial charge in [-0.2, -0.15) is 13.2 Å². The van der Waals surface area contributed by atoms with E-state index in [9.17, 15) is 26.7 Å². The number of nitrogens with one attached hydrogen (secondary N) is 1. The summed E-state index contributed by atoms with van der Waals surface area (Å²) in [6.07, 6.45) is -8.10. The molecule has 0 aliphatic carbocycles. The van der Waals surface area contributed by atoms with Gasteiger partial charge in [0, 0.05) is 0 Å². The SMILES string of the molecule is O=c1[nH]c(C(F)F)cc(CO)c1C(F)(F)F. The molecule has 0 saturated heterocycles. The summed E-state index contributed by atoms with van der Waals surface area (Å²) >= 11 is 0. The highest BCUT2D eigenvalue weighted by atomic mass is 19.4. The van der Waals surface area contributed by atoms with Gasteiger partial charge in [0.1, 0.15) is 5.56 Å². The largest absolute Gasteiger partial charge is 0.422 e. The third kappa shape index (κ3) is 2.38. The van der Waals surface area contributed by atoms with Crippen molar-refractivity contribution in [1.82, 2.24) is 4.98 Å². The molecule has 0 spiro atoms. The van der Waals surface area contributed by atoms with E-state index in [1.807, 2.05) is 0 Å². The van der Waals surface area contributed by atoms with Crippen LogP contribution in [0.4, 0.5) is 22.0 Å². The molecule has 1 aromatic rings. The van der Waals surface area contributed by atoms with Crippen LogP contribution < -0.4 is 5.56 Å². The summed E-state index contributed by atoms with van der Waals surface area (Å²) in [4.78, 5) is 12.4. The zero-order valence-electron chi connectivity index (χ0n) is 7.61. The normalized spacial score (nSPS) is 12.2. The predicted octanol–water partition coefficient (Wildman–Crippen LogP) is 1.82. The van der Waals surface area contributed by atoms with Crippen molar-refractivity contribution in [3.05, 3.63) is 33.2 Å². The molecule has 3 nitrogen and oxygen atoms in total. The zero-order valence-corrected chi connectivity index (χ0v) is 7.61. The molecule has 0 aliphatic heterocycles. The van der Waals surface area contributed by atoms with Crippen molar-refractivity contribution in [2.75, 3.05) is 0 Å². The number of hydrogen-bond acceptors (Lipinski definition) is 2. The van der Waals surface area contributed by atoms with Crippen molar-refractivity contribution in [1.29, 1.82) is 0 Å². The van der Waals surface area contributed by atoms with Crippen molar-refractivity contribution in [2.24, 2.45) is 0 Å². The highest BCUT2D eigenvalue weighted by Crippen LogP contribution is 2.30. The van der Waals surface area contributed by atoms with Gasteiger partial charge < -0.3 is 10.1 Å². The van der Waals surface area contributed by atoms with Crippen LogP contribution in [0.25, 0.3) is 0 Å². The van der Waals surface area contributed by atoms with Gasteiger partial charge in [0.25, 0.3) is 12.0 Å². The Labute approximate surface area is 85.5 Å². The van der Waals surface area contributed by atoms with E-state index < -0.39 is 41.6 Å². The van der Waals surface area contributed by atoms with E-state index in [1.165, 1.54) is 4.98 Å². The monoisotopic (exact) mass is 243 g/mol. The van der Waals surface area contributed by atoms with Gasteiger partial charge in [-0.1, -0.05) is 0 Å². The summed E-state index contributed by atoms with van der Waals surface area (Å²) < 4.78 is 61.2. The first-order valence-corrected chi connectivity index (χ1v) is 3.99. The lowest BCUT2D eigenvalue weighted by atomic mass is 10.1. The maximum Gasteiger partial charge on any atom is 0.422 e. The quantitative estimate of drug-likeness (QED) is 0.778. The Kier molecular flexibility index (Phi) is 3.32. The van der Waals surface area contributed by atoms with Crippen LogP contribution in [0.5, 0.6) is 0 Å². The van der Waals surface area contributed by atoms with Crippen molar-refractivity contribution < 1.29 is 27.1 Å². The van der Waals surface area contributed by atoms with Gasteiger partial charge in [-0.3, -0.25) is 4.79 Å². The second-order valence-corrected chi connectivity index (χ2v) is 2.91. The van der Waals surface area contributed by atoms with E-state index in [0.29, 0.717) is 6.07 Å². The molecule has 1 heterocycles. The third-order valence-electron chi connectivity index (χ3n) is 1.82. The van der Waals surface area contributed by atoms with E-state index in [0.717, 1.165) is 0 Å². The van der Waals surface area contributed by atoms with Crippen molar-refractivity contribution in [3.63, 3.8) is 0 Å². The molecule has 0 fully saturated rings. The number of H-pyrrole nitrogens is 1. The summed E-state index contributed by atoms with van der Waals surface area (Å²) in [6, 6.07) is 0.425. The zero-order chi connectivity index (χ0) is 12.5. The van der Waals surface area contributed by atoms with Crippen LogP contribution in [0.2, 0.25) is 0 Å². The Balaban J connectivity index is 3.47. The number of pyridine rings is 1. The van der Waals surface area contributed by atoms with E-state index in [2.05, 4.69) is 0 Å². The maximum absolute atomic E-state index is 12.3. The highest BCUT2D eigenvalue weighted by molar-refractivity contribution is 5.29. The molecule has 0 aliphatic rings. The van der Waals surface area contributed by atoms with Crippen LogP contribution in [0.3, 0.4) is 0 Å². The number of hydrogen-bond donors (Lipinski definition) is 2. The van der Waals surface area contributed by atoms with E-state index in [4.69, 9.17) is 5.11 Å². The molecule has 2 N–H and O–H groups in total. The van der Waals surface area contributed by atoms with Crippen molar-refractivity contribution in [2.45, 2.75) is 19.2 Å². The number of rotatable bonds is 2. The van der Waals surface area contributed by atoms with Gasteiger partial charge in [-0.15, -0.1) is 0 Å². The molecule has 0 saturated carbocycles. The summed E-state index contributed by atoms with van der Waals surface area (Å²) in [7, 11) is 0.